The van der Waals surface area contributed by atoms with Crippen molar-refractivity contribution < 1.29 is 9.18 Å². The monoisotopic (exact) mass is 221 g/mol. The Kier molecular flexibility index (Phi) is 2.61. The zero-order valence-electron chi connectivity index (χ0n) is 8.09. The molecule has 16 heavy (non-hydrogen) atoms. The first-order chi connectivity index (χ1) is 7.70. The molecule has 0 unspecified atom stereocenters. The fourth-order valence-corrected chi connectivity index (χ4v) is 1.16. The zero-order valence-corrected chi connectivity index (χ0v) is 8.09. The van der Waals surface area contributed by atoms with E-state index in [1.807, 2.05) is 5.43 Å². The van der Waals surface area contributed by atoms with Crippen molar-refractivity contribution in [2.75, 3.05) is 0 Å². The van der Waals surface area contributed by atoms with Crippen LogP contribution in [0.3, 0.4) is 0 Å². The molecule has 82 valence electrons. The molecule has 0 saturated heterocycles. The summed E-state index contributed by atoms with van der Waals surface area (Å²) in [5, 5.41) is 7.33. The fraction of sp³-hybridized carbons (Fsp3) is 0. The van der Waals surface area contributed by atoms with E-state index in [-0.39, 0.29) is 11.5 Å². The van der Waals surface area contributed by atoms with Gasteiger partial charge in [-0.05, 0) is 24.3 Å². The molecule has 1 heterocycles. The van der Waals surface area contributed by atoms with Crippen LogP contribution >= 0.6 is 0 Å². The highest BCUT2D eigenvalue weighted by molar-refractivity contribution is 5.91. The lowest BCUT2D eigenvalue weighted by molar-refractivity contribution is 0.0948. The molecule has 0 saturated carbocycles. The van der Waals surface area contributed by atoms with Crippen molar-refractivity contribution in [1.82, 2.24) is 20.4 Å². The maximum absolute atomic E-state index is 12.7. The molecular formula is C9H8FN5O. The first kappa shape index (κ1) is 10.2. The minimum absolute atomic E-state index is 0.0897. The number of carbonyl (C=O) groups is 1. The molecule has 1 aromatic heterocycles. The van der Waals surface area contributed by atoms with Crippen LogP contribution in [0.4, 0.5) is 4.39 Å². The van der Waals surface area contributed by atoms with Crippen LogP contribution in [0.5, 0.6) is 0 Å². The van der Waals surface area contributed by atoms with Gasteiger partial charge in [0.25, 0.3) is 5.91 Å². The van der Waals surface area contributed by atoms with E-state index >= 15 is 0 Å². The molecule has 1 amide bonds. The van der Waals surface area contributed by atoms with Gasteiger partial charge in [-0.25, -0.2) is 14.9 Å². The van der Waals surface area contributed by atoms with E-state index < -0.39 is 5.91 Å². The topological polar surface area (TPSA) is 85.8 Å². The van der Waals surface area contributed by atoms with E-state index in [1.165, 1.54) is 35.1 Å². The van der Waals surface area contributed by atoms with Crippen molar-refractivity contribution >= 4 is 5.91 Å². The van der Waals surface area contributed by atoms with E-state index in [4.69, 9.17) is 5.84 Å². The minimum atomic E-state index is -0.534. The Labute approximate surface area is 89.8 Å². The number of benzene rings is 1. The summed E-state index contributed by atoms with van der Waals surface area (Å²) < 4.78 is 14.0. The molecule has 0 fully saturated rings. The highest BCUT2D eigenvalue weighted by Gasteiger charge is 2.09. The second-order valence-electron chi connectivity index (χ2n) is 3.00. The Morgan fingerprint density at radius 3 is 2.69 bits per heavy atom. The molecule has 0 spiro atoms. The van der Waals surface area contributed by atoms with E-state index in [1.54, 1.807) is 0 Å². The van der Waals surface area contributed by atoms with Gasteiger partial charge in [-0.3, -0.25) is 10.2 Å². The number of nitrogen functional groups attached to an aromatic ring is 1. The van der Waals surface area contributed by atoms with E-state index in [9.17, 15) is 9.18 Å². The molecule has 2 aromatic rings. The molecule has 0 aliphatic carbocycles. The smallest absolute Gasteiger partial charge is 0.287 e. The van der Waals surface area contributed by atoms with Crippen LogP contribution < -0.4 is 11.3 Å². The Balaban J connectivity index is 2.31. The van der Waals surface area contributed by atoms with Crippen molar-refractivity contribution in [2.45, 2.75) is 0 Å². The average molecular weight is 221 g/mol. The molecule has 0 aliphatic rings. The van der Waals surface area contributed by atoms with Gasteiger partial charge in [-0.2, -0.15) is 0 Å². The van der Waals surface area contributed by atoms with Crippen molar-refractivity contribution in [3.63, 3.8) is 0 Å². The Hall–Kier alpha value is -2.28. The first-order valence-corrected chi connectivity index (χ1v) is 4.40. The maximum atomic E-state index is 12.7. The van der Waals surface area contributed by atoms with Gasteiger partial charge in [0.1, 0.15) is 5.82 Å². The normalized spacial score (nSPS) is 10.1. The molecule has 0 bridgehead atoms. The quantitative estimate of drug-likeness (QED) is 0.425. The van der Waals surface area contributed by atoms with Crippen molar-refractivity contribution in [3.05, 3.63) is 42.0 Å². The number of amides is 1. The molecule has 7 heteroatoms. The number of nitrogens with two attached hydrogens (primary N) is 1. The molecule has 1 aromatic carbocycles. The Morgan fingerprint density at radius 1 is 1.38 bits per heavy atom. The van der Waals surface area contributed by atoms with Gasteiger partial charge in [-0.15, -0.1) is 5.10 Å². The summed E-state index contributed by atoms with van der Waals surface area (Å²) in [7, 11) is 0. The van der Waals surface area contributed by atoms with Gasteiger partial charge in [0, 0.05) is 0 Å². The van der Waals surface area contributed by atoms with Crippen molar-refractivity contribution in [2.24, 2.45) is 5.84 Å². The molecule has 3 N–H and O–H groups in total. The number of nitrogens with zero attached hydrogens (tertiary/aromatic N) is 3. The van der Waals surface area contributed by atoms with Crippen LogP contribution in [0.2, 0.25) is 0 Å². The van der Waals surface area contributed by atoms with Crippen molar-refractivity contribution in [3.8, 4) is 5.69 Å². The summed E-state index contributed by atoms with van der Waals surface area (Å²) in [5.41, 5.74) is 2.63. The highest BCUT2D eigenvalue weighted by Crippen LogP contribution is 2.07. The summed E-state index contributed by atoms with van der Waals surface area (Å²) in [6, 6.07) is 5.63. The third kappa shape index (κ3) is 1.89. The van der Waals surface area contributed by atoms with Crippen LogP contribution in [0.15, 0.2) is 30.5 Å². The number of aromatic nitrogens is 3. The highest BCUT2D eigenvalue weighted by atomic mass is 19.1. The Morgan fingerprint density at radius 2 is 2.06 bits per heavy atom. The predicted octanol–water partition coefficient (Wildman–Crippen LogP) is 0.00990. The van der Waals surface area contributed by atoms with Gasteiger partial charge >= 0.3 is 0 Å². The molecule has 0 aliphatic heterocycles. The van der Waals surface area contributed by atoms with Crippen LogP contribution in [-0.4, -0.2) is 20.9 Å². The van der Waals surface area contributed by atoms with E-state index in [0.717, 1.165) is 0 Å². The minimum Gasteiger partial charge on any atom is -0.289 e. The SMILES string of the molecule is NNC(=O)c1cn(-c2ccc(F)cc2)nn1. The number of carbonyl (C=O) groups excluding carboxylic acids is 1. The summed E-state index contributed by atoms with van der Waals surface area (Å²) in [6.45, 7) is 0. The van der Waals surface area contributed by atoms with Gasteiger partial charge < -0.3 is 0 Å². The lowest BCUT2D eigenvalue weighted by atomic mass is 10.3. The van der Waals surface area contributed by atoms with Crippen LogP contribution in [-0.2, 0) is 0 Å². The number of hydrogen-bond donors (Lipinski definition) is 2. The Bertz CT molecular complexity index is 507. The zero-order chi connectivity index (χ0) is 11.5. The molecule has 2 rings (SSSR count). The number of hydrogen-bond acceptors (Lipinski definition) is 4. The van der Waals surface area contributed by atoms with Gasteiger partial charge in [0.2, 0.25) is 0 Å². The third-order valence-corrected chi connectivity index (χ3v) is 1.95. The molecule has 6 nitrogen and oxygen atoms in total. The predicted molar refractivity (Wildman–Crippen MR) is 53.0 cm³/mol. The van der Waals surface area contributed by atoms with Crippen LogP contribution in [0.1, 0.15) is 10.5 Å². The maximum Gasteiger partial charge on any atom is 0.287 e. The lowest BCUT2D eigenvalue weighted by Gasteiger charge is -1.98. The number of halogens is 1. The number of nitrogens with one attached hydrogen (secondary N) is 1. The second-order valence-corrected chi connectivity index (χ2v) is 3.00. The average Bonchev–Trinajstić information content (AvgIpc) is 2.78. The molecule has 0 atom stereocenters. The summed E-state index contributed by atoms with van der Waals surface area (Å²) >= 11 is 0. The molecule has 0 radical (unpaired) electrons. The van der Waals surface area contributed by atoms with E-state index in [0.29, 0.717) is 5.69 Å². The van der Waals surface area contributed by atoms with Crippen molar-refractivity contribution in [1.29, 1.82) is 0 Å². The largest absolute Gasteiger partial charge is 0.289 e. The standard InChI is InChI=1S/C9H8FN5O/c10-6-1-3-7(4-2-6)15-5-8(13-14-15)9(16)12-11/h1-5H,11H2,(H,12,16). The lowest BCUT2D eigenvalue weighted by Crippen LogP contribution is -2.30. The van der Waals surface area contributed by atoms with Crippen LogP contribution in [0, 0.1) is 5.82 Å². The third-order valence-electron chi connectivity index (χ3n) is 1.95. The van der Waals surface area contributed by atoms with Crippen LogP contribution in [0.25, 0.3) is 5.69 Å². The second kappa shape index (κ2) is 4.07. The first-order valence-electron chi connectivity index (χ1n) is 4.40. The number of rotatable bonds is 2. The van der Waals surface area contributed by atoms with Gasteiger partial charge in [0.05, 0.1) is 11.9 Å². The van der Waals surface area contributed by atoms with Gasteiger partial charge in [0.15, 0.2) is 5.69 Å². The number of hydrazine groups is 1. The summed E-state index contributed by atoms with van der Waals surface area (Å²) in [4.78, 5) is 11.1. The fourth-order valence-electron chi connectivity index (χ4n) is 1.16. The van der Waals surface area contributed by atoms with E-state index in [2.05, 4.69) is 10.3 Å². The van der Waals surface area contributed by atoms with Gasteiger partial charge in [-0.1, -0.05) is 5.21 Å². The summed E-state index contributed by atoms with van der Waals surface area (Å²) in [6.07, 6.45) is 1.40. The summed E-state index contributed by atoms with van der Waals surface area (Å²) in [5.74, 6) is 4.07. The molecular weight excluding hydrogens is 213 g/mol.